The molecule has 0 atom stereocenters. The number of thioether (sulfide) groups is 1. The van der Waals surface area contributed by atoms with Crippen molar-refractivity contribution < 1.29 is 4.57 Å². The number of hydrogen-bond donors (Lipinski definition) is 0. The summed E-state index contributed by atoms with van der Waals surface area (Å²) in [4.78, 5) is 0. The zero-order valence-corrected chi connectivity index (χ0v) is 17.2. The Morgan fingerprint density at radius 2 is 1.29 bits per heavy atom. The number of nitrogens with zero attached hydrogens (tertiary/aromatic N) is 2. The molecule has 0 N–H and O–H groups in total. The van der Waals surface area contributed by atoms with Gasteiger partial charge in [-0.3, -0.25) is 0 Å². The van der Waals surface area contributed by atoms with Crippen molar-refractivity contribution in [2.45, 2.75) is 96.9 Å². The summed E-state index contributed by atoms with van der Waals surface area (Å²) in [5.41, 5.74) is 0. The molecule has 140 valence electrons. The van der Waals surface area contributed by atoms with Gasteiger partial charge in [0, 0.05) is 0 Å². The Labute approximate surface area is 155 Å². The molecule has 0 radical (unpaired) electrons. The first kappa shape index (κ1) is 21.6. The van der Waals surface area contributed by atoms with E-state index < -0.39 is 0 Å². The highest BCUT2D eigenvalue weighted by atomic mass is 32.2. The van der Waals surface area contributed by atoms with E-state index in [1.807, 2.05) is 0 Å². The first-order valence-electron chi connectivity index (χ1n) is 10.4. The highest BCUT2D eigenvalue weighted by Gasteiger charge is 1.99. The predicted octanol–water partition coefficient (Wildman–Crippen LogP) is 6.14. The highest BCUT2D eigenvalue weighted by Crippen LogP contribution is 2.13. The largest absolute Gasteiger partial charge is 0.243 e. The predicted molar refractivity (Wildman–Crippen MR) is 109 cm³/mol. The molecule has 0 fully saturated rings. The Morgan fingerprint density at radius 3 is 1.83 bits per heavy atom. The van der Waals surface area contributed by atoms with Crippen LogP contribution in [0.25, 0.3) is 0 Å². The van der Waals surface area contributed by atoms with Gasteiger partial charge in [-0.25, -0.2) is 9.13 Å². The van der Waals surface area contributed by atoms with Crippen LogP contribution in [-0.4, -0.2) is 16.1 Å². The summed E-state index contributed by atoms with van der Waals surface area (Å²) in [6.45, 7) is 3.47. The van der Waals surface area contributed by atoms with Gasteiger partial charge < -0.3 is 0 Å². The Kier molecular flexibility index (Phi) is 14.4. The zero-order chi connectivity index (χ0) is 17.3. The quantitative estimate of drug-likeness (QED) is 0.241. The molecule has 0 saturated heterocycles. The van der Waals surface area contributed by atoms with Crippen LogP contribution in [0.15, 0.2) is 18.7 Å². The molecule has 0 aliphatic carbocycles. The molecule has 1 heterocycles. The van der Waals surface area contributed by atoms with Crippen molar-refractivity contribution >= 4 is 11.8 Å². The van der Waals surface area contributed by atoms with E-state index in [1.54, 1.807) is 0 Å². The second-order valence-electron chi connectivity index (χ2n) is 7.17. The van der Waals surface area contributed by atoms with E-state index in [-0.39, 0.29) is 0 Å². The van der Waals surface area contributed by atoms with Crippen molar-refractivity contribution in [2.24, 2.45) is 7.05 Å². The summed E-state index contributed by atoms with van der Waals surface area (Å²) in [7, 11) is 2.09. The summed E-state index contributed by atoms with van der Waals surface area (Å²) in [5.74, 6) is 2.78. The molecule has 24 heavy (non-hydrogen) atoms. The molecular formula is C21H41N2S+. The van der Waals surface area contributed by atoms with E-state index in [2.05, 4.69) is 53.6 Å². The maximum absolute atomic E-state index is 2.29. The molecular weight excluding hydrogens is 312 g/mol. The van der Waals surface area contributed by atoms with Gasteiger partial charge in [-0.15, -0.1) is 0 Å². The normalized spacial score (nSPS) is 11.2. The number of rotatable bonds is 17. The number of aromatic nitrogens is 2. The van der Waals surface area contributed by atoms with Crippen LogP contribution in [-0.2, 0) is 13.6 Å². The number of imidazole rings is 1. The van der Waals surface area contributed by atoms with Crippen LogP contribution in [0.1, 0.15) is 90.4 Å². The minimum absolute atomic E-state index is 1.18. The molecule has 0 unspecified atom stereocenters. The maximum Gasteiger partial charge on any atom is 0.243 e. The van der Waals surface area contributed by atoms with Gasteiger partial charge in [0.25, 0.3) is 0 Å². The van der Waals surface area contributed by atoms with Gasteiger partial charge in [0.1, 0.15) is 12.4 Å². The SMILES string of the molecule is CCCCCCCCCSCCCCCCCCn1cc[n+](C)c1. The molecule has 1 aromatic rings. The maximum atomic E-state index is 2.29. The van der Waals surface area contributed by atoms with E-state index in [9.17, 15) is 0 Å². The first-order valence-corrected chi connectivity index (χ1v) is 11.6. The average Bonchev–Trinajstić information content (AvgIpc) is 3.00. The van der Waals surface area contributed by atoms with E-state index in [0.29, 0.717) is 0 Å². The van der Waals surface area contributed by atoms with Gasteiger partial charge in [0.15, 0.2) is 0 Å². The average molecular weight is 354 g/mol. The molecule has 0 aliphatic heterocycles. The van der Waals surface area contributed by atoms with Gasteiger partial charge in [-0.2, -0.15) is 11.8 Å². The second kappa shape index (κ2) is 16.1. The summed E-state index contributed by atoms with van der Waals surface area (Å²) in [5, 5.41) is 0. The van der Waals surface area contributed by atoms with Gasteiger partial charge in [0.05, 0.1) is 13.6 Å². The van der Waals surface area contributed by atoms with Crippen molar-refractivity contribution in [1.82, 2.24) is 4.57 Å². The minimum atomic E-state index is 1.18. The van der Waals surface area contributed by atoms with Crippen LogP contribution in [0.3, 0.4) is 0 Å². The Bertz CT molecular complexity index is 376. The molecule has 1 aromatic heterocycles. The van der Waals surface area contributed by atoms with Gasteiger partial charge in [-0.1, -0.05) is 64.7 Å². The van der Waals surface area contributed by atoms with Gasteiger partial charge in [0.2, 0.25) is 6.33 Å². The van der Waals surface area contributed by atoms with E-state index in [4.69, 9.17) is 0 Å². The Morgan fingerprint density at radius 1 is 0.750 bits per heavy atom. The lowest BCUT2D eigenvalue weighted by Gasteiger charge is -2.03. The van der Waals surface area contributed by atoms with Crippen molar-refractivity contribution in [3.05, 3.63) is 18.7 Å². The molecule has 0 saturated carbocycles. The molecule has 2 nitrogen and oxygen atoms in total. The van der Waals surface area contributed by atoms with Crippen molar-refractivity contribution in [1.29, 1.82) is 0 Å². The monoisotopic (exact) mass is 353 g/mol. The fraction of sp³-hybridized carbons (Fsp3) is 0.857. The standard InChI is InChI=1S/C21H41N2S/c1-3-4-5-6-8-11-14-19-24-20-15-12-9-7-10-13-16-23-18-17-22(2)21-23/h17-18,21H,3-16,19-20H2,1-2H3/q+1. The van der Waals surface area contributed by atoms with Gasteiger partial charge in [-0.05, 0) is 37.2 Å². The molecule has 0 aliphatic rings. The van der Waals surface area contributed by atoms with E-state index >= 15 is 0 Å². The van der Waals surface area contributed by atoms with Crippen molar-refractivity contribution in [3.8, 4) is 0 Å². The third-order valence-corrected chi connectivity index (χ3v) is 5.83. The fourth-order valence-electron chi connectivity index (χ4n) is 3.10. The molecule has 0 aromatic carbocycles. The molecule has 0 spiro atoms. The van der Waals surface area contributed by atoms with Gasteiger partial charge >= 0.3 is 0 Å². The minimum Gasteiger partial charge on any atom is -0.240 e. The lowest BCUT2D eigenvalue weighted by Crippen LogP contribution is -2.23. The van der Waals surface area contributed by atoms with Crippen LogP contribution >= 0.6 is 11.8 Å². The van der Waals surface area contributed by atoms with E-state index in [0.717, 1.165) is 0 Å². The second-order valence-corrected chi connectivity index (χ2v) is 8.40. The lowest BCUT2D eigenvalue weighted by molar-refractivity contribution is -0.671. The van der Waals surface area contributed by atoms with Crippen LogP contribution in [0.2, 0.25) is 0 Å². The van der Waals surface area contributed by atoms with Crippen LogP contribution < -0.4 is 4.57 Å². The molecule has 1 rings (SSSR count). The first-order chi connectivity index (χ1) is 11.8. The molecule has 3 heteroatoms. The fourth-order valence-corrected chi connectivity index (χ4v) is 4.12. The third-order valence-electron chi connectivity index (χ3n) is 4.67. The summed E-state index contributed by atoms with van der Waals surface area (Å²) in [6.07, 6.45) is 24.9. The van der Waals surface area contributed by atoms with Crippen molar-refractivity contribution in [2.75, 3.05) is 11.5 Å². The number of hydrogen-bond acceptors (Lipinski definition) is 1. The van der Waals surface area contributed by atoms with Crippen LogP contribution in [0.5, 0.6) is 0 Å². The van der Waals surface area contributed by atoms with Crippen LogP contribution in [0, 0.1) is 0 Å². The molecule has 0 bridgehead atoms. The summed E-state index contributed by atoms with van der Waals surface area (Å²) >= 11 is 2.18. The Balaban J connectivity index is 1.70. The summed E-state index contributed by atoms with van der Waals surface area (Å²) in [6, 6.07) is 0. The smallest absolute Gasteiger partial charge is 0.240 e. The third kappa shape index (κ3) is 12.9. The zero-order valence-electron chi connectivity index (χ0n) is 16.3. The van der Waals surface area contributed by atoms with Crippen molar-refractivity contribution in [3.63, 3.8) is 0 Å². The number of aryl methyl sites for hydroxylation is 2. The Hall–Kier alpha value is -0.440. The lowest BCUT2D eigenvalue weighted by atomic mass is 10.1. The molecule has 0 amide bonds. The summed E-state index contributed by atoms with van der Waals surface area (Å²) < 4.78 is 4.41. The topological polar surface area (TPSA) is 8.81 Å². The van der Waals surface area contributed by atoms with Crippen LogP contribution in [0.4, 0.5) is 0 Å². The van der Waals surface area contributed by atoms with E-state index in [1.165, 1.54) is 102 Å². The number of unbranched alkanes of at least 4 members (excludes halogenated alkanes) is 11. The highest BCUT2D eigenvalue weighted by molar-refractivity contribution is 7.99.